The molecule has 0 N–H and O–H groups in total. The molecule has 2 aliphatic rings. The maximum Gasteiger partial charge on any atom is 0.161 e. The summed E-state index contributed by atoms with van der Waals surface area (Å²) in [5.74, 6) is 2.27. The smallest absolute Gasteiger partial charge is 0.161 e. The lowest BCUT2D eigenvalue weighted by Crippen LogP contribution is -2.46. The highest BCUT2D eigenvalue weighted by molar-refractivity contribution is 5.42. The van der Waals surface area contributed by atoms with Gasteiger partial charge in [0, 0.05) is 39.3 Å². The molecule has 1 heterocycles. The van der Waals surface area contributed by atoms with Crippen LogP contribution in [0.5, 0.6) is 11.5 Å². The first-order valence-electron chi connectivity index (χ1n) is 11.9. The van der Waals surface area contributed by atoms with Gasteiger partial charge in [-0.25, -0.2) is 0 Å². The van der Waals surface area contributed by atoms with Gasteiger partial charge in [0.25, 0.3) is 0 Å². The van der Waals surface area contributed by atoms with Gasteiger partial charge in [-0.15, -0.1) is 0 Å². The van der Waals surface area contributed by atoms with Crippen molar-refractivity contribution in [1.82, 2.24) is 9.80 Å². The summed E-state index contributed by atoms with van der Waals surface area (Å²) in [7, 11) is 5.16. The lowest BCUT2D eigenvalue weighted by atomic mass is 9.95. The third-order valence-corrected chi connectivity index (χ3v) is 7.08. The van der Waals surface area contributed by atoms with E-state index in [-0.39, 0.29) is 0 Å². The Hall–Kier alpha value is -2.08. The summed E-state index contributed by atoms with van der Waals surface area (Å²) in [4.78, 5) is 5.31. The Balaban J connectivity index is 1.38. The molecule has 4 rings (SSSR count). The van der Waals surface area contributed by atoms with Gasteiger partial charge in [0.2, 0.25) is 0 Å². The van der Waals surface area contributed by atoms with Gasteiger partial charge in [0.15, 0.2) is 11.5 Å². The minimum atomic E-state index is 0.675. The van der Waals surface area contributed by atoms with Crippen molar-refractivity contribution in [3.63, 3.8) is 0 Å². The fourth-order valence-electron chi connectivity index (χ4n) is 5.43. The molecule has 0 amide bonds. The van der Waals surface area contributed by atoms with Gasteiger partial charge in [-0.3, -0.25) is 9.80 Å². The summed E-state index contributed by atoms with van der Waals surface area (Å²) in [5, 5.41) is 0. The largest absolute Gasteiger partial charge is 0.493 e. The van der Waals surface area contributed by atoms with Crippen LogP contribution in [0.3, 0.4) is 0 Å². The van der Waals surface area contributed by atoms with Crippen molar-refractivity contribution in [2.75, 3.05) is 54.1 Å². The molecule has 0 unspecified atom stereocenters. The molecule has 1 aliphatic heterocycles. The molecule has 0 radical (unpaired) electrons. The predicted molar refractivity (Wildman–Crippen MR) is 129 cm³/mol. The number of rotatable bonds is 10. The zero-order valence-electron chi connectivity index (χ0n) is 19.9. The van der Waals surface area contributed by atoms with E-state index in [0.29, 0.717) is 12.0 Å². The first kappa shape index (κ1) is 23.1. The van der Waals surface area contributed by atoms with Gasteiger partial charge in [-0.2, -0.15) is 0 Å². The summed E-state index contributed by atoms with van der Waals surface area (Å²) in [6.45, 7) is 6.14. The topological polar surface area (TPSA) is 34.2 Å². The van der Waals surface area contributed by atoms with Crippen LogP contribution >= 0.6 is 0 Å². The second kappa shape index (κ2) is 11.2. The lowest BCUT2D eigenvalue weighted by Gasteiger charge is -2.39. The van der Waals surface area contributed by atoms with E-state index in [1.807, 2.05) is 6.07 Å². The fourth-order valence-corrected chi connectivity index (χ4v) is 5.43. The molecule has 1 saturated heterocycles. The second-order valence-corrected chi connectivity index (χ2v) is 9.25. The van der Waals surface area contributed by atoms with E-state index in [9.17, 15) is 0 Å². The monoisotopic (exact) mass is 438 g/mol. The molecule has 174 valence electrons. The van der Waals surface area contributed by atoms with Crippen LogP contribution in [0.25, 0.3) is 0 Å². The lowest BCUT2D eigenvalue weighted by molar-refractivity contribution is 0.0843. The quantitative estimate of drug-likeness (QED) is 0.560. The highest BCUT2D eigenvalue weighted by atomic mass is 16.5. The Kier molecular flexibility index (Phi) is 8.06. The Morgan fingerprint density at radius 3 is 2.41 bits per heavy atom. The van der Waals surface area contributed by atoms with Gasteiger partial charge >= 0.3 is 0 Å². The average molecular weight is 439 g/mol. The molecule has 0 bridgehead atoms. The SMILES string of the molecule is COCCN(Cc1ccc(OC)c(OC)c1)C[C@H]1CCCN(C2Cc3ccccc3C2)C1. The summed E-state index contributed by atoms with van der Waals surface area (Å²) < 4.78 is 16.3. The average Bonchev–Trinajstić information content (AvgIpc) is 3.27. The molecule has 5 heteroatoms. The van der Waals surface area contributed by atoms with Crippen LogP contribution in [-0.2, 0) is 24.1 Å². The maximum absolute atomic E-state index is 5.51. The summed E-state index contributed by atoms with van der Waals surface area (Å²) in [6.07, 6.45) is 5.03. The number of piperidine rings is 1. The minimum Gasteiger partial charge on any atom is -0.493 e. The van der Waals surface area contributed by atoms with Crippen LogP contribution in [0, 0.1) is 5.92 Å². The number of fused-ring (bicyclic) bond motifs is 1. The third-order valence-electron chi connectivity index (χ3n) is 7.08. The first-order chi connectivity index (χ1) is 15.7. The van der Waals surface area contributed by atoms with E-state index >= 15 is 0 Å². The van der Waals surface area contributed by atoms with Crippen LogP contribution in [0.1, 0.15) is 29.5 Å². The Labute approximate surface area is 193 Å². The molecule has 2 aromatic rings. The number of ether oxygens (including phenoxy) is 3. The molecule has 32 heavy (non-hydrogen) atoms. The number of likely N-dealkylation sites (tertiary alicyclic amines) is 1. The van der Waals surface area contributed by atoms with Gasteiger partial charge in [0.1, 0.15) is 0 Å². The number of nitrogens with zero attached hydrogens (tertiary/aromatic N) is 2. The van der Waals surface area contributed by atoms with Gasteiger partial charge in [-0.1, -0.05) is 30.3 Å². The third kappa shape index (κ3) is 5.64. The molecule has 5 nitrogen and oxygen atoms in total. The fraction of sp³-hybridized carbons (Fsp3) is 0.556. The molecule has 2 aromatic carbocycles. The van der Waals surface area contributed by atoms with Crippen LogP contribution in [0.4, 0.5) is 0 Å². The summed E-state index contributed by atoms with van der Waals surface area (Å²) >= 11 is 0. The van der Waals surface area contributed by atoms with Crippen LogP contribution < -0.4 is 9.47 Å². The number of hydrogen-bond acceptors (Lipinski definition) is 5. The van der Waals surface area contributed by atoms with Gasteiger partial charge in [-0.05, 0) is 67.0 Å². The zero-order chi connectivity index (χ0) is 22.3. The van der Waals surface area contributed by atoms with Crippen molar-refractivity contribution in [2.24, 2.45) is 5.92 Å². The molecule has 1 aliphatic carbocycles. The molecule has 0 spiro atoms. The van der Waals surface area contributed by atoms with E-state index in [2.05, 4.69) is 46.2 Å². The van der Waals surface area contributed by atoms with Crippen LogP contribution in [0.2, 0.25) is 0 Å². The Morgan fingerprint density at radius 1 is 0.969 bits per heavy atom. The van der Waals surface area contributed by atoms with Crippen molar-refractivity contribution in [3.8, 4) is 11.5 Å². The summed E-state index contributed by atoms with van der Waals surface area (Å²) in [6, 6.07) is 15.9. The number of benzene rings is 2. The van der Waals surface area contributed by atoms with Crippen molar-refractivity contribution < 1.29 is 14.2 Å². The van der Waals surface area contributed by atoms with Crippen molar-refractivity contribution >= 4 is 0 Å². The first-order valence-corrected chi connectivity index (χ1v) is 11.9. The zero-order valence-corrected chi connectivity index (χ0v) is 19.9. The van der Waals surface area contributed by atoms with E-state index < -0.39 is 0 Å². The molecule has 0 saturated carbocycles. The maximum atomic E-state index is 5.51. The second-order valence-electron chi connectivity index (χ2n) is 9.25. The molecule has 1 fully saturated rings. The van der Waals surface area contributed by atoms with Crippen molar-refractivity contribution in [1.29, 1.82) is 0 Å². The van der Waals surface area contributed by atoms with E-state index in [1.54, 1.807) is 32.5 Å². The predicted octanol–water partition coefficient (Wildman–Crippen LogP) is 4.03. The van der Waals surface area contributed by atoms with E-state index in [4.69, 9.17) is 14.2 Å². The molecular formula is C27H38N2O3. The molecule has 1 atom stereocenters. The number of methoxy groups -OCH3 is 3. The normalized spacial score (nSPS) is 19.3. The summed E-state index contributed by atoms with van der Waals surface area (Å²) in [5.41, 5.74) is 4.35. The highest BCUT2D eigenvalue weighted by Crippen LogP contribution is 2.30. The number of hydrogen-bond donors (Lipinski definition) is 0. The molecule has 0 aromatic heterocycles. The van der Waals surface area contributed by atoms with E-state index in [1.165, 1.54) is 44.3 Å². The van der Waals surface area contributed by atoms with Crippen LogP contribution in [0.15, 0.2) is 42.5 Å². The van der Waals surface area contributed by atoms with Crippen molar-refractivity contribution in [3.05, 3.63) is 59.2 Å². The van der Waals surface area contributed by atoms with Gasteiger partial charge < -0.3 is 14.2 Å². The van der Waals surface area contributed by atoms with Gasteiger partial charge in [0.05, 0.1) is 20.8 Å². The minimum absolute atomic E-state index is 0.675. The van der Waals surface area contributed by atoms with Crippen molar-refractivity contribution in [2.45, 2.75) is 38.3 Å². The standard InChI is InChI=1S/C27H38N2O3/c1-30-14-13-28(18-21-10-11-26(31-2)27(15-21)32-3)19-22-7-6-12-29(20-22)25-16-23-8-4-5-9-24(23)17-25/h4-5,8-11,15,22,25H,6-7,12-14,16-20H2,1-3H3/t22-/m1/s1. The highest BCUT2D eigenvalue weighted by Gasteiger charge is 2.31. The van der Waals surface area contributed by atoms with Crippen LogP contribution in [-0.4, -0.2) is 70.0 Å². The molecular weight excluding hydrogens is 400 g/mol. The Bertz CT molecular complexity index is 847. The Morgan fingerprint density at radius 2 is 1.72 bits per heavy atom. The van der Waals surface area contributed by atoms with E-state index in [0.717, 1.165) is 37.7 Å².